The van der Waals surface area contributed by atoms with Gasteiger partial charge in [-0.1, -0.05) is 0 Å². The number of nitrogens with zero attached hydrogens (tertiary/aromatic N) is 2. The summed E-state index contributed by atoms with van der Waals surface area (Å²) < 4.78 is 13.4. The van der Waals surface area contributed by atoms with Gasteiger partial charge >= 0.3 is 0 Å². The molecule has 0 atom stereocenters. The number of hydrogen-bond acceptors (Lipinski definition) is 4. The van der Waals surface area contributed by atoms with Crippen LogP contribution in [0.15, 0.2) is 18.2 Å². The Hall–Kier alpha value is -1.53. The Balaban J connectivity index is 1.96. The largest absolute Gasteiger partial charge is 0.319 e. The highest BCUT2D eigenvalue weighted by Crippen LogP contribution is 2.21. The number of non-ortho nitro benzene ring substituents is 1. The number of hydrogen-bond donors (Lipinski definition) is 1. The molecule has 6 heteroatoms. The Kier molecular flexibility index (Phi) is 5.03. The van der Waals surface area contributed by atoms with Crippen LogP contribution < -0.4 is 5.32 Å². The van der Waals surface area contributed by atoms with Crippen LogP contribution in [0.5, 0.6) is 0 Å². The minimum Gasteiger partial charge on any atom is -0.319 e. The van der Waals surface area contributed by atoms with Crippen LogP contribution in [0.2, 0.25) is 0 Å². The van der Waals surface area contributed by atoms with Crippen LogP contribution in [0.3, 0.4) is 0 Å². The maximum Gasteiger partial charge on any atom is 0.272 e. The fraction of sp³-hybridized carbons (Fsp3) is 0.571. The molecule has 1 fully saturated rings. The zero-order chi connectivity index (χ0) is 14.5. The van der Waals surface area contributed by atoms with Crippen LogP contribution in [0.4, 0.5) is 10.1 Å². The molecule has 0 aliphatic carbocycles. The third-order valence-corrected chi connectivity index (χ3v) is 3.76. The van der Waals surface area contributed by atoms with E-state index in [1.165, 1.54) is 12.1 Å². The van der Waals surface area contributed by atoms with Crippen molar-refractivity contribution in [1.29, 1.82) is 0 Å². The fourth-order valence-electron chi connectivity index (χ4n) is 2.73. The second kappa shape index (κ2) is 6.76. The van der Waals surface area contributed by atoms with E-state index in [0.717, 1.165) is 38.5 Å². The lowest BCUT2D eigenvalue weighted by molar-refractivity contribution is -0.385. The highest BCUT2D eigenvalue weighted by molar-refractivity contribution is 5.35. The third-order valence-electron chi connectivity index (χ3n) is 3.76. The molecule has 0 unspecified atom stereocenters. The topological polar surface area (TPSA) is 58.4 Å². The molecule has 1 N–H and O–H groups in total. The van der Waals surface area contributed by atoms with E-state index >= 15 is 0 Å². The summed E-state index contributed by atoms with van der Waals surface area (Å²) >= 11 is 0. The molecule has 1 aromatic rings. The molecule has 0 saturated carbocycles. The van der Waals surface area contributed by atoms with Gasteiger partial charge in [0.25, 0.3) is 5.69 Å². The van der Waals surface area contributed by atoms with E-state index in [1.54, 1.807) is 0 Å². The average molecular weight is 281 g/mol. The van der Waals surface area contributed by atoms with Gasteiger partial charge in [-0.2, -0.15) is 0 Å². The summed E-state index contributed by atoms with van der Waals surface area (Å²) in [5.74, 6) is 0.150. The van der Waals surface area contributed by atoms with Crippen molar-refractivity contribution in [1.82, 2.24) is 10.2 Å². The molecule has 1 aliphatic heterocycles. The van der Waals surface area contributed by atoms with Gasteiger partial charge in [-0.15, -0.1) is 0 Å². The molecule has 0 bridgehead atoms. The zero-order valence-electron chi connectivity index (χ0n) is 11.6. The van der Waals surface area contributed by atoms with Gasteiger partial charge in [-0.3, -0.25) is 15.0 Å². The van der Waals surface area contributed by atoms with Gasteiger partial charge in [0.1, 0.15) is 5.82 Å². The minimum absolute atomic E-state index is 0.176. The lowest BCUT2D eigenvalue weighted by atomic mass is 9.96. The molecule has 1 heterocycles. The normalized spacial score (nSPS) is 17.3. The first kappa shape index (κ1) is 14.9. The summed E-state index contributed by atoms with van der Waals surface area (Å²) in [6, 6.07) is 3.80. The summed E-state index contributed by atoms with van der Waals surface area (Å²) in [6.45, 7) is 3.51. The molecule has 110 valence electrons. The van der Waals surface area contributed by atoms with Crippen molar-refractivity contribution in [3.8, 4) is 0 Å². The summed E-state index contributed by atoms with van der Waals surface area (Å²) in [4.78, 5) is 12.4. The van der Waals surface area contributed by atoms with E-state index in [0.29, 0.717) is 18.0 Å². The number of nitrogens with one attached hydrogen (secondary N) is 1. The molecular formula is C14H20FN3O2. The Morgan fingerprint density at radius 3 is 2.70 bits per heavy atom. The van der Waals surface area contributed by atoms with E-state index in [1.807, 2.05) is 7.05 Å². The third kappa shape index (κ3) is 3.98. The van der Waals surface area contributed by atoms with E-state index in [-0.39, 0.29) is 5.69 Å². The van der Waals surface area contributed by atoms with E-state index in [9.17, 15) is 14.5 Å². The Labute approximate surface area is 117 Å². The number of likely N-dealkylation sites (tertiary alicyclic amines) is 1. The van der Waals surface area contributed by atoms with Crippen molar-refractivity contribution in [2.45, 2.75) is 19.4 Å². The monoisotopic (exact) mass is 281 g/mol. The molecule has 0 radical (unpaired) electrons. The van der Waals surface area contributed by atoms with Gasteiger partial charge < -0.3 is 5.32 Å². The summed E-state index contributed by atoms with van der Waals surface area (Å²) in [5, 5.41) is 13.9. The minimum atomic E-state index is -0.550. The van der Waals surface area contributed by atoms with Gasteiger partial charge in [0.15, 0.2) is 0 Å². The lowest BCUT2D eigenvalue weighted by Crippen LogP contribution is -2.36. The summed E-state index contributed by atoms with van der Waals surface area (Å²) in [6.07, 6.45) is 2.22. The van der Waals surface area contributed by atoms with Crippen molar-refractivity contribution >= 4 is 5.69 Å². The SMILES string of the molecule is CNCC1CCN(Cc2cc(F)cc([N+](=O)[O-])c2)CC1. The number of rotatable bonds is 5. The van der Waals surface area contributed by atoms with Gasteiger partial charge in [0.2, 0.25) is 0 Å². The van der Waals surface area contributed by atoms with E-state index < -0.39 is 10.7 Å². The van der Waals surface area contributed by atoms with Crippen LogP contribution in [0.25, 0.3) is 0 Å². The fourth-order valence-corrected chi connectivity index (χ4v) is 2.73. The van der Waals surface area contributed by atoms with Crippen LogP contribution in [0, 0.1) is 21.8 Å². The molecule has 5 nitrogen and oxygen atoms in total. The first-order valence-electron chi connectivity index (χ1n) is 6.89. The van der Waals surface area contributed by atoms with Gasteiger partial charge in [-0.25, -0.2) is 4.39 Å². The van der Waals surface area contributed by atoms with E-state index in [4.69, 9.17) is 0 Å². The van der Waals surface area contributed by atoms with Gasteiger partial charge in [0.05, 0.1) is 11.0 Å². The Morgan fingerprint density at radius 2 is 2.10 bits per heavy atom. The quantitative estimate of drug-likeness (QED) is 0.664. The predicted molar refractivity (Wildman–Crippen MR) is 75.0 cm³/mol. The average Bonchev–Trinajstić information content (AvgIpc) is 2.40. The van der Waals surface area contributed by atoms with Gasteiger partial charge in [-0.05, 0) is 57.1 Å². The second-order valence-electron chi connectivity index (χ2n) is 5.35. The van der Waals surface area contributed by atoms with Gasteiger partial charge in [0, 0.05) is 12.6 Å². The van der Waals surface area contributed by atoms with E-state index in [2.05, 4.69) is 10.2 Å². The highest BCUT2D eigenvalue weighted by atomic mass is 19.1. The van der Waals surface area contributed by atoms with Crippen molar-refractivity contribution in [2.24, 2.45) is 5.92 Å². The summed E-state index contributed by atoms with van der Waals surface area (Å²) in [7, 11) is 1.96. The predicted octanol–water partition coefficient (Wildman–Crippen LogP) is 2.17. The molecule has 0 amide bonds. The molecule has 0 spiro atoms. The molecule has 1 saturated heterocycles. The number of nitro groups is 1. The molecule has 2 rings (SSSR count). The first-order valence-corrected chi connectivity index (χ1v) is 6.89. The first-order chi connectivity index (χ1) is 9.58. The Bertz CT molecular complexity index is 473. The zero-order valence-corrected chi connectivity index (χ0v) is 11.6. The maximum atomic E-state index is 13.4. The van der Waals surface area contributed by atoms with Crippen molar-refractivity contribution in [2.75, 3.05) is 26.7 Å². The van der Waals surface area contributed by atoms with Crippen LogP contribution in [0.1, 0.15) is 18.4 Å². The van der Waals surface area contributed by atoms with Crippen LogP contribution in [-0.4, -0.2) is 36.5 Å². The molecule has 1 aromatic carbocycles. The molecular weight excluding hydrogens is 261 g/mol. The molecule has 20 heavy (non-hydrogen) atoms. The summed E-state index contributed by atoms with van der Waals surface area (Å²) in [5.41, 5.74) is 0.494. The van der Waals surface area contributed by atoms with Crippen LogP contribution >= 0.6 is 0 Å². The number of piperidine rings is 1. The Morgan fingerprint density at radius 1 is 1.40 bits per heavy atom. The van der Waals surface area contributed by atoms with Crippen molar-refractivity contribution < 1.29 is 9.31 Å². The smallest absolute Gasteiger partial charge is 0.272 e. The van der Waals surface area contributed by atoms with Crippen LogP contribution in [-0.2, 0) is 6.54 Å². The standard InChI is InChI=1S/C14H20FN3O2/c1-16-9-11-2-4-17(5-3-11)10-12-6-13(15)8-14(7-12)18(19)20/h6-8,11,16H,2-5,9-10H2,1H3. The number of benzene rings is 1. The number of nitro benzene ring substituents is 1. The molecule has 1 aliphatic rings. The van der Waals surface area contributed by atoms with Crippen molar-refractivity contribution in [3.63, 3.8) is 0 Å². The molecule has 0 aromatic heterocycles. The highest BCUT2D eigenvalue weighted by Gasteiger charge is 2.19. The maximum absolute atomic E-state index is 13.4. The van der Waals surface area contributed by atoms with Crippen molar-refractivity contribution in [3.05, 3.63) is 39.7 Å². The lowest BCUT2D eigenvalue weighted by Gasteiger charge is -2.31. The number of halogens is 1. The second-order valence-corrected chi connectivity index (χ2v) is 5.35.